The van der Waals surface area contributed by atoms with E-state index >= 15 is 0 Å². The van der Waals surface area contributed by atoms with Crippen LogP contribution in [0.4, 0.5) is 24.7 Å². The highest BCUT2D eigenvalue weighted by molar-refractivity contribution is 5.92. The number of piperidine rings is 1. The normalized spacial score (nSPS) is 14.9. The number of benzene rings is 1. The van der Waals surface area contributed by atoms with Gasteiger partial charge in [-0.2, -0.15) is 0 Å². The number of aromatic nitrogens is 4. The number of carbonyl (C=O) groups is 1. The van der Waals surface area contributed by atoms with Crippen molar-refractivity contribution in [2.75, 3.05) is 23.3 Å². The van der Waals surface area contributed by atoms with Gasteiger partial charge in [-0.3, -0.25) is 9.36 Å². The fourth-order valence-electron chi connectivity index (χ4n) is 3.62. The minimum Gasteiger partial charge on any atom is -0.406 e. The van der Waals surface area contributed by atoms with Gasteiger partial charge in [0.2, 0.25) is 5.91 Å². The van der Waals surface area contributed by atoms with Crippen LogP contribution in [0.5, 0.6) is 5.75 Å². The Labute approximate surface area is 182 Å². The first kappa shape index (κ1) is 21.6. The van der Waals surface area contributed by atoms with Gasteiger partial charge in [0.05, 0.1) is 0 Å². The lowest BCUT2D eigenvalue weighted by atomic mass is 9.96. The maximum atomic E-state index is 12.6. The Morgan fingerprint density at radius 1 is 1.09 bits per heavy atom. The summed E-state index contributed by atoms with van der Waals surface area (Å²) in [5, 5.41) is 2.76. The van der Waals surface area contributed by atoms with Crippen LogP contribution in [0.3, 0.4) is 0 Å². The summed E-state index contributed by atoms with van der Waals surface area (Å²) in [6, 6.07) is 6.99. The Bertz CT molecular complexity index is 1080. The molecule has 0 atom stereocenters. The van der Waals surface area contributed by atoms with Crippen molar-refractivity contribution >= 4 is 17.4 Å². The van der Waals surface area contributed by atoms with Gasteiger partial charge >= 0.3 is 6.36 Å². The van der Waals surface area contributed by atoms with Gasteiger partial charge in [-0.05, 0) is 44.0 Å². The Balaban J connectivity index is 1.33. The molecule has 32 heavy (non-hydrogen) atoms. The average molecular weight is 446 g/mol. The van der Waals surface area contributed by atoms with Crippen LogP contribution in [0.25, 0.3) is 5.82 Å². The highest BCUT2D eigenvalue weighted by atomic mass is 19.4. The van der Waals surface area contributed by atoms with E-state index < -0.39 is 6.36 Å². The molecule has 4 rings (SSSR count). The van der Waals surface area contributed by atoms with Crippen LogP contribution in [0.2, 0.25) is 0 Å². The third kappa shape index (κ3) is 5.16. The van der Waals surface area contributed by atoms with Crippen molar-refractivity contribution < 1.29 is 22.7 Å². The number of anilines is 2. The van der Waals surface area contributed by atoms with E-state index in [2.05, 4.69) is 29.9 Å². The molecule has 1 aliphatic heterocycles. The second kappa shape index (κ2) is 8.85. The number of halogens is 3. The number of hydrogen-bond donors (Lipinski definition) is 1. The third-order valence-electron chi connectivity index (χ3n) is 5.26. The predicted molar refractivity (Wildman–Crippen MR) is 111 cm³/mol. The smallest absolute Gasteiger partial charge is 0.406 e. The van der Waals surface area contributed by atoms with Crippen LogP contribution in [-0.2, 0) is 4.79 Å². The molecule has 2 aromatic heterocycles. The van der Waals surface area contributed by atoms with Crippen molar-refractivity contribution in [2.24, 2.45) is 5.92 Å². The van der Waals surface area contributed by atoms with Crippen molar-refractivity contribution in [2.45, 2.75) is 26.1 Å². The van der Waals surface area contributed by atoms with Crippen LogP contribution in [-0.4, -0.2) is 44.9 Å². The van der Waals surface area contributed by atoms with E-state index in [0.29, 0.717) is 31.6 Å². The van der Waals surface area contributed by atoms with Gasteiger partial charge in [-0.15, -0.1) is 13.2 Å². The van der Waals surface area contributed by atoms with E-state index in [9.17, 15) is 18.0 Å². The molecule has 0 bridgehead atoms. The monoisotopic (exact) mass is 446 g/mol. The minimum absolute atomic E-state index is 0.161. The number of hydrogen-bond acceptors (Lipinski definition) is 6. The summed E-state index contributed by atoms with van der Waals surface area (Å²) in [6.45, 7) is 3.19. The summed E-state index contributed by atoms with van der Waals surface area (Å²) in [7, 11) is 0. The first-order valence-corrected chi connectivity index (χ1v) is 10.0. The molecule has 1 aliphatic rings. The van der Waals surface area contributed by atoms with Gasteiger partial charge in [0.1, 0.15) is 29.5 Å². The van der Waals surface area contributed by atoms with E-state index in [0.717, 1.165) is 17.5 Å². The highest BCUT2D eigenvalue weighted by Crippen LogP contribution is 2.26. The summed E-state index contributed by atoms with van der Waals surface area (Å²) in [5.74, 6) is 1.63. The summed E-state index contributed by atoms with van der Waals surface area (Å²) < 4.78 is 42.5. The molecule has 1 fully saturated rings. The molecule has 11 heteroatoms. The fourth-order valence-corrected chi connectivity index (χ4v) is 3.62. The molecule has 1 amide bonds. The van der Waals surface area contributed by atoms with Gasteiger partial charge in [0.15, 0.2) is 0 Å². The fraction of sp³-hybridized carbons (Fsp3) is 0.333. The van der Waals surface area contributed by atoms with Crippen LogP contribution >= 0.6 is 0 Å². The number of rotatable bonds is 5. The zero-order valence-electron chi connectivity index (χ0n) is 17.2. The molecule has 0 aliphatic carbocycles. The molecule has 3 heterocycles. The zero-order valence-corrected chi connectivity index (χ0v) is 17.2. The van der Waals surface area contributed by atoms with E-state index in [1.54, 1.807) is 6.20 Å². The third-order valence-corrected chi connectivity index (χ3v) is 5.26. The molecular formula is C21H21F3N6O2. The Morgan fingerprint density at radius 3 is 2.41 bits per heavy atom. The first-order chi connectivity index (χ1) is 15.3. The van der Waals surface area contributed by atoms with Crippen LogP contribution < -0.4 is 15.0 Å². The second-order valence-electron chi connectivity index (χ2n) is 7.40. The molecule has 168 valence electrons. The molecule has 1 aromatic carbocycles. The van der Waals surface area contributed by atoms with Gasteiger partial charge in [-0.25, -0.2) is 15.0 Å². The van der Waals surface area contributed by atoms with E-state index in [1.807, 2.05) is 23.8 Å². The molecule has 1 N–H and O–H groups in total. The molecular weight excluding hydrogens is 425 g/mol. The van der Waals surface area contributed by atoms with E-state index in [4.69, 9.17) is 0 Å². The number of carbonyl (C=O) groups excluding carboxylic acids is 1. The van der Waals surface area contributed by atoms with Crippen LogP contribution in [0.15, 0.2) is 49.1 Å². The number of nitrogens with zero attached hydrogens (tertiary/aromatic N) is 5. The summed E-state index contributed by atoms with van der Waals surface area (Å²) in [4.78, 5) is 27.6. The molecule has 3 aromatic rings. The van der Waals surface area contributed by atoms with Gasteiger partial charge in [0.25, 0.3) is 0 Å². The highest BCUT2D eigenvalue weighted by Gasteiger charge is 2.31. The SMILES string of the molecule is Cc1nccn1-c1cc(N2CCC(C(=O)Nc3ccc(OC(F)(F)F)cc3)CC2)ncn1. The summed E-state index contributed by atoms with van der Waals surface area (Å²) in [5.41, 5.74) is 0.420. The lowest BCUT2D eigenvalue weighted by Crippen LogP contribution is -2.38. The van der Waals surface area contributed by atoms with Crippen LogP contribution in [0.1, 0.15) is 18.7 Å². The minimum atomic E-state index is -4.75. The van der Waals surface area contributed by atoms with Crippen molar-refractivity contribution in [1.29, 1.82) is 0 Å². The number of nitrogens with one attached hydrogen (secondary N) is 1. The molecule has 0 unspecified atom stereocenters. The van der Waals surface area contributed by atoms with Gasteiger partial charge in [-0.1, -0.05) is 0 Å². The molecule has 0 saturated carbocycles. The number of aryl methyl sites for hydroxylation is 1. The van der Waals surface area contributed by atoms with Crippen molar-refractivity contribution in [3.8, 4) is 11.6 Å². The number of amides is 1. The summed E-state index contributed by atoms with van der Waals surface area (Å²) in [6.07, 6.45) is 1.56. The Hall–Kier alpha value is -3.63. The summed E-state index contributed by atoms with van der Waals surface area (Å²) >= 11 is 0. The first-order valence-electron chi connectivity index (χ1n) is 10.0. The number of ether oxygens (including phenoxy) is 1. The van der Waals surface area contributed by atoms with Crippen molar-refractivity contribution in [1.82, 2.24) is 19.5 Å². The lowest BCUT2D eigenvalue weighted by Gasteiger charge is -2.32. The molecule has 1 saturated heterocycles. The van der Waals surface area contributed by atoms with E-state index in [-0.39, 0.29) is 17.6 Å². The Kier molecular flexibility index (Phi) is 5.97. The second-order valence-corrected chi connectivity index (χ2v) is 7.40. The zero-order chi connectivity index (χ0) is 22.7. The van der Waals surface area contributed by atoms with Crippen molar-refractivity contribution in [3.63, 3.8) is 0 Å². The molecule has 0 radical (unpaired) electrons. The van der Waals surface area contributed by atoms with Crippen molar-refractivity contribution in [3.05, 3.63) is 54.9 Å². The average Bonchev–Trinajstić information content (AvgIpc) is 3.20. The maximum Gasteiger partial charge on any atom is 0.573 e. The lowest BCUT2D eigenvalue weighted by molar-refractivity contribution is -0.274. The van der Waals surface area contributed by atoms with Gasteiger partial charge < -0.3 is 15.0 Å². The number of imidazole rings is 1. The quantitative estimate of drug-likeness (QED) is 0.643. The Morgan fingerprint density at radius 2 is 1.78 bits per heavy atom. The largest absolute Gasteiger partial charge is 0.573 e. The standard InChI is InChI=1S/C21H21F3N6O2/c1-14-25-8-11-30(14)19-12-18(26-13-27-19)29-9-6-15(7-10-29)20(31)28-16-2-4-17(5-3-16)32-21(22,23)24/h2-5,8,11-13,15H,6-7,9-10H2,1H3,(H,28,31). The predicted octanol–water partition coefficient (Wildman–Crippen LogP) is 3.72. The number of alkyl halides is 3. The van der Waals surface area contributed by atoms with Crippen LogP contribution in [0, 0.1) is 12.8 Å². The molecule has 0 spiro atoms. The van der Waals surface area contributed by atoms with Gasteiger partial charge in [0, 0.05) is 43.2 Å². The molecule has 8 nitrogen and oxygen atoms in total. The maximum absolute atomic E-state index is 12.6. The van der Waals surface area contributed by atoms with E-state index in [1.165, 1.54) is 30.6 Å². The topological polar surface area (TPSA) is 85.2 Å².